The van der Waals surface area contributed by atoms with Crippen LogP contribution in [0.3, 0.4) is 0 Å². The maximum atomic E-state index is 14.5. The van der Waals surface area contributed by atoms with Gasteiger partial charge in [-0.15, -0.1) is 0 Å². The molecule has 0 saturated heterocycles. The predicted molar refractivity (Wildman–Crippen MR) is 150 cm³/mol. The van der Waals surface area contributed by atoms with Crippen molar-refractivity contribution in [3.63, 3.8) is 0 Å². The Hall–Kier alpha value is -3.30. The SMILES string of the molecule is CC(=O)C1=C(O)[C@]2(O)C(=O)C3=C(O)c4c(O)ccc(CC(=O)CC(C)C)c4[C@@H](C)[C@]3(C)[C@@H](O)[C@]2(C)C(C(C)C)C1=O. The second-order valence-electron chi connectivity index (χ2n) is 13.2. The van der Waals surface area contributed by atoms with E-state index in [2.05, 4.69) is 0 Å². The van der Waals surface area contributed by atoms with Crippen molar-refractivity contribution in [1.29, 1.82) is 0 Å². The minimum atomic E-state index is -2.93. The van der Waals surface area contributed by atoms with E-state index in [-0.39, 0.29) is 29.4 Å². The zero-order chi connectivity index (χ0) is 31.1. The van der Waals surface area contributed by atoms with Crippen molar-refractivity contribution in [2.75, 3.05) is 0 Å². The Balaban J connectivity index is 2.10. The molecule has 1 unspecified atom stereocenters. The summed E-state index contributed by atoms with van der Waals surface area (Å²) in [7, 11) is 0. The van der Waals surface area contributed by atoms with Crippen LogP contribution >= 0.6 is 0 Å². The van der Waals surface area contributed by atoms with Crippen LogP contribution in [0, 0.1) is 28.6 Å². The molecule has 0 aliphatic heterocycles. The molecule has 9 heteroatoms. The molecule has 0 spiro atoms. The summed E-state index contributed by atoms with van der Waals surface area (Å²) in [5, 5.41) is 58.3. The second kappa shape index (κ2) is 9.63. The normalized spacial score (nSPS) is 33.2. The zero-order valence-corrected chi connectivity index (χ0v) is 24.8. The van der Waals surface area contributed by atoms with Crippen LogP contribution in [0.25, 0.3) is 5.76 Å². The number of Topliss-reactive ketones (excluding diaryl/α,β-unsaturated/α-hetero) is 4. The molecule has 1 fully saturated rings. The zero-order valence-electron chi connectivity index (χ0n) is 24.8. The highest BCUT2D eigenvalue weighted by atomic mass is 16.4. The van der Waals surface area contributed by atoms with Gasteiger partial charge >= 0.3 is 0 Å². The van der Waals surface area contributed by atoms with Crippen molar-refractivity contribution in [2.45, 2.75) is 85.9 Å². The number of rotatable bonds is 6. The van der Waals surface area contributed by atoms with Gasteiger partial charge in [0.25, 0.3) is 0 Å². The van der Waals surface area contributed by atoms with Crippen molar-refractivity contribution in [3.8, 4) is 5.75 Å². The van der Waals surface area contributed by atoms with E-state index < -0.39 is 80.3 Å². The van der Waals surface area contributed by atoms with Gasteiger partial charge < -0.3 is 25.5 Å². The third-order valence-corrected chi connectivity index (χ3v) is 9.93. The summed E-state index contributed by atoms with van der Waals surface area (Å²) < 4.78 is 0. The van der Waals surface area contributed by atoms with Crippen LogP contribution in [0.5, 0.6) is 5.75 Å². The van der Waals surface area contributed by atoms with Gasteiger partial charge in [-0.2, -0.15) is 0 Å². The lowest BCUT2D eigenvalue weighted by Crippen LogP contribution is -2.75. The number of carbonyl (C=O) groups excluding carboxylic acids is 4. The van der Waals surface area contributed by atoms with Crippen molar-refractivity contribution >= 4 is 28.9 Å². The quantitative estimate of drug-likeness (QED) is 0.320. The van der Waals surface area contributed by atoms with E-state index in [4.69, 9.17) is 0 Å². The van der Waals surface area contributed by atoms with Gasteiger partial charge in [0, 0.05) is 29.6 Å². The monoisotopic (exact) mass is 568 g/mol. The van der Waals surface area contributed by atoms with E-state index in [1.54, 1.807) is 26.8 Å². The highest BCUT2D eigenvalue weighted by molar-refractivity contribution is 6.24. The number of aromatic hydroxyl groups is 1. The van der Waals surface area contributed by atoms with Gasteiger partial charge in [0.2, 0.25) is 5.78 Å². The third-order valence-electron chi connectivity index (χ3n) is 9.93. The number of hydrogen-bond acceptors (Lipinski definition) is 9. The number of carbonyl (C=O) groups is 4. The number of aliphatic hydroxyl groups excluding tert-OH is 3. The van der Waals surface area contributed by atoms with E-state index in [1.165, 1.54) is 19.9 Å². The molecule has 222 valence electrons. The lowest BCUT2D eigenvalue weighted by molar-refractivity contribution is -0.215. The van der Waals surface area contributed by atoms with E-state index in [9.17, 15) is 44.7 Å². The van der Waals surface area contributed by atoms with Crippen LogP contribution in [0.2, 0.25) is 0 Å². The minimum Gasteiger partial charge on any atom is -0.508 e. The largest absolute Gasteiger partial charge is 0.508 e. The lowest BCUT2D eigenvalue weighted by Gasteiger charge is -2.63. The Bertz CT molecular complexity index is 1450. The number of ketones is 4. The van der Waals surface area contributed by atoms with Crippen LogP contribution in [0.15, 0.2) is 29.0 Å². The maximum absolute atomic E-state index is 14.5. The standard InChI is InChI=1S/C32H40O9/c1-13(2)11-18(34)12-17-9-10-19(35)22-20(17)15(5)30(7)24(26(22)37)28(39)32(41)27(38)21(16(6)33)25(36)23(14(3)4)31(32,8)29(30)40/h9-10,13-15,23,29,35,37-38,40-41H,11-12H2,1-8H3/t15-,23?,29-,30+,31+,32+/m1/s1. The molecule has 4 rings (SSSR count). The molecule has 0 aromatic heterocycles. The molecule has 6 atom stereocenters. The fourth-order valence-corrected chi connectivity index (χ4v) is 7.98. The van der Waals surface area contributed by atoms with E-state index >= 15 is 0 Å². The number of hydrogen-bond donors (Lipinski definition) is 5. The molecule has 1 saturated carbocycles. The first-order chi connectivity index (χ1) is 18.8. The molecule has 0 radical (unpaired) electrons. The van der Waals surface area contributed by atoms with Crippen LogP contribution in [-0.4, -0.2) is 60.4 Å². The van der Waals surface area contributed by atoms with Crippen molar-refractivity contribution in [2.24, 2.45) is 28.6 Å². The molecular weight excluding hydrogens is 528 g/mol. The first-order valence-corrected chi connectivity index (χ1v) is 14.1. The van der Waals surface area contributed by atoms with Crippen LogP contribution in [0.1, 0.15) is 84.4 Å². The Kier molecular flexibility index (Phi) is 7.20. The highest BCUT2D eigenvalue weighted by Gasteiger charge is 2.77. The molecule has 0 heterocycles. The fourth-order valence-electron chi connectivity index (χ4n) is 7.98. The smallest absolute Gasteiger partial charge is 0.203 e. The fraction of sp³-hybridized carbons (Fsp3) is 0.562. The Labute approximate surface area is 239 Å². The first kappa shape index (κ1) is 30.7. The van der Waals surface area contributed by atoms with Crippen molar-refractivity contribution in [3.05, 3.63) is 45.7 Å². The van der Waals surface area contributed by atoms with Crippen molar-refractivity contribution < 1.29 is 44.7 Å². The summed E-state index contributed by atoms with van der Waals surface area (Å²) in [6.45, 7) is 12.8. The first-order valence-electron chi connectivity index (χ1n) is 14.1. The number of benzene rings is 1. The summed E-state index contributed by atoms with van der Waals surface area (Å²) in [5.41, 5.74) is -6.96. The molecule has 1 aromatic rings. The van der Waals surface area contributed by atoms with Crippen LogP contribution in [-0.2, 0) is 25.6 Å². The molecule has 3 aliphatic rings. The van der Waals surface area contributed by atoms with E-state index in [1.807, 2.05) is 13.8 Å². The summed E-state index contributed by atoms with van der Waals surface area (Å²) in [5.74, 6) is -7.63. The highest BCUT2D eigenvalue weighted by Crippen LogP contribution is 2.67. The van der Waals surface area contributed by atoms with E-state index in [0.29, 0.717) is 17.5 Å². The van der Waals surface area contributed by atoms with Gasteiger partial charge in [-0.1, -0.05) is 54.5 Å². The van der Waals surface area contributed by atoms with Crippen LogP contribution in [0.4, 0.5) is 0 Å². The lowest BCUT2D eigenvalue weighted by atomic mass is 9.40. The Morgan fingerprint density at radius 3 is 2.12 bits per heavy atom. The topological polar surface area (TPSA) is 169 Å². The number of aliphatic hydroxyl groups is 4. The van der Waals surface area contributed by atoms with Gasteiger partial charge in [0.1, 0.15) is 28.6 Å². The molecular formula is C32H40O9. The average molecular weight is 569 g/mol. The average Bonchev–Trinajstić information content (AvgIpc) is 2.84. The maximum Gasteiger partial charge on any atom is 0.203 e. The molecule has 9 nitrogen and oxygen atoms in total. The molecule has 0 amide bonds. The number of phenols is 1. The summed E-state index contributed by atoms with van der Waals surface area (Å²) in [6, 6.07) is 2.89. The molecule has 5 N–H and O–H groups in total. The predicted octanol–water partition coefficient (Wildman–Crippen LogP) is 3.88. The summed E-state index contributed by atoms with van der Waals surface area (Å²) in [6.07, 6.45) is -1.41. The Morgan fingerprint density at radius 1 is 1.02 bits per heavy atom. The molecule has 1 aromatic carbocycles. The second-order valence-corrected chi connectivity index (χ2v) is 13.2. The van der Waals surface area contributed by atoms with Gasteiger partial charge in [-0.3, -0.25) is 19.2 Å². The third kappa shape index (κ3) is 3.74. The van der Waals surface area contributed by atoms with Gasteiger partial charge in [0.05, 0.1) is 17.2 Å². The number of allylic oxidation sites excluding steroid dienone is 1. The number of phenolic OH excluding ortho intramolecular Hbond substituents is 1. The van der Waals surface area contributed by atoms with E-state index in [0.717, 1.165) is 6.92 Å². The van der Waals surface area contributed by atoms with Crippen molar-refractivity contribution in [1.82, 2.24) is 0 Å². The van der Waals surface area contributed by atoms with Gasteiger partial charge in [-0.25, -0.2) is 0 Å². The molecule has 3 aliphatic carbocycles. The molecule has 0 bridgehead atoms. The van der Waals surface area contributed by atoms with Crippen LogP contribution < -0.4 is 0 Å². The van der Waals surface area contributed by atoms with Gasteiger partial charge in [0.15, 0.2) is 17.2 Å². The summed E-state index contributed by atoms with van der Waals surface area (Å²) in [4.78, 5) is 53.5. The number of fused-ring (bicyclic) bond motifs is 3. The molecule has 41 heavy (non-hydrogen) atoms. The summed E-state index contributed by atoms with van der Waals surface area (Å²) >= 11 is 0. The minimum absolute atomic E-state index is 0.00627. The Morgan fingerprint density at radius 2 is 1.61 bits per heavy atom. The van der Waals surface area contributed by atoms with Gasteiger partial charge in [-0.05, 0) is 41.9 Å².